The van der Waals surface area contributed by atoms with Crippen molar-refractivity contribution in [2.45, 2.75) is 70.5 Å². The van der Waals surface area contributed by atoms with Gasteiger partial charge in [0.2, 0.25) is 11.8 Å². The molecule has 1 saturated carbocycles. The predicted molar refractivity (Wildman–Crippen MR) is 235 cm³/mol. The smallest absolute Gasteiger partial charge is 0.270 e. The zero-order valence-electron chi connectivity index (χ0n) is 35.7. The van der Waals surface area contributed by atoms with Gasteiger partial charge in [-0.25, -0.2) is 24.3 Å². The Balaban J connectivity index is 0.700. The number of piperidine rings is 2. The summed E-state index contributed by atoms with van der Waals surface area (Å²) in [4.78, 5) is 89.2. The number of carbonyl (C=O) groups excluding carboxylic acids is 5. The second-order valence-electron chi connectivity index (χ2n) is 17.6. The van der Waals surface area contributed by atoms with Crippen molar-refractivity contribution >= 4 is 63.6 Å². The molecule has 5 aliphatic rings. The summed E-state index contributed by atoms with van der Waals surface area (Å²) in [5, 5.41) is 8.78. The van der Waals surface area contributed by atoms with Crippen LogP contribution in [0.25, 0.3) is 11.2 Å². The van der Waals surface area contributed by atoms with E-state index in [0.29, 0.717) is 36.0 Å². The monoisotopic (exact) mass is 868 g/mol. The number of pyridine rings is 1. The summed E-state index contributed by atoms with van der Waals surface area (Å²) < 4.78 is 17.6. The van der Waals surface area contributed by atoms with Crippen LogP contribution in [-0.2, 0) is 9.59 Å². The highest BCUT2D eigenvalue weighted by molar-refractivity contribution is 6.23. The third-order valence-corrected chi connectivity index (χ3v) is 13.5. The number of fused-ring (bicyclic) bond motifs is 2. The first-order chi connectivity index (χ1) is 31.0. The molecule has 4 aliphatic heterocycles. The molecule has 7 heterocycles. The van der Waals surface area contributed by atoms with Crippen LogP contribution in [0.3, 0.4) is 0 Å². The first kappa shape index (κ1) is 41.2. The van der Waals surface area contributed by atoms with E-state index in [9.17, 15) is 24.0 Å². The van der Waals surface area contributed by atoms with Gasteiger partial charge >= 0.3 is 0 Å². The molecule has 1 atom stereocenters. The number of nitrogens with one attached hydrogen (secondary N) is 3. The third kappa shape index (κ3) is 7.79. The van der Waals surface area contributed by atoms with Crippen LogP contribution in [0.2, 0.25) is 0 Å². The normalized spacial score (nSPS) is 21.9. The molecule has 0 bridgehead atoms. The van der Waals surface area contributed by atoms with Gasteiger partial charge in [-0.1, -0.05) is 6.07 Å². The van der Waals surface area contributed by atoms with Gasteiger partial charge < -0.3 is 25.0 Å². The fraction of sp³-hybridized carbons (Fsp3) is 0.413. The molecule has 5 aromatic rings. The van der Waals surface area contributed by atoms with E-state index >= 15 is 4.39 Å². The van der Waals surface area contributed by atoms with Crippen molar-refractivity contribution in [2.75, 3.05) is 60.9 Å². The lowest BCUT2D eigenvalue weighted by Crippen LogP contribution is -2.54. The standard InChI is InChI=1S/C46H49FN12O5/c1-26-18-30(6-7-35(26)53-41-40-42(49-24-48-41)58(25-50-40)31-19-29(20-31)52-43(61)36-5-3-4-27(2)51-36)56-16-14-55(15-17-56)23-28-10-12-57(13-11-28)38-22-33-32(21-34(38)47)45(63)59(46(33)64)37-8-9-39(60)54-44(37)62/h3-7,18,21-22,24-25,28-29,31,37H,8-17,19-20,23H2,1-2H3,(H,52,61)(H,48,49,53)(H,54,60,62). The Hall–Kier alpha value is -6.82. The molecule has 4 fully saturated rings. The van der Waals surface area contributed by atoms with Gasteiger partial charge in [-0.3, -0.25) is 39.1 Å². The molecular formula is C46H49FN12O5. The Morgan fingerprint density at radius 3 is 2.36 bits per heavy atom. The minimum atomic E-state index is -1.09. The molecule has 64 heavy (non-hydrogen) atoms. The van der Waals surface area contributed by atoms with Crippen molar-refractivity contribution in [3.63, 3.8) is 0 Å². The summed E-state index contributed by atoms with van der Waals surface area (Å²) in [5.41, 5.74) is 6.17. The fourth-order valence-electron chi connectivity index (χ4n) is 9.82. The van der Waals surface area contributed by atoms with E-state index in [4.69, 9.17) is 4.98 Å². The Labute approximate surface area is 368 Å². The molecule has 0 radical (unpaired) electrons. The summed E-state index contributed by atoms with van der Waals surface area (Å²) in [6.07, 6.45) is 6.71. The van der Waals surface area contributed by atoms with Crippen molar-refractivity contribution in [1.82, 2.24) is 44.9 Å². The minimum absolute atomic E-state index is 0.0211. The molecule has 18 heteroatoms. The molecule has 17 nitrogen and oxygen atoms in total. The molecule has 3 aromatic heterocycles. The lowest BCUT2D eigenvalue weighted by atomic mass is 9.86. The van der Waals surface area contributed by atoms with Gasteiger partial charge in [0.1, 0.15) is 23.9 Å². The largest absolute Gasteiger partial charge is 0.369 e. The number of piperazine rings is 1. The zero-order chi connectivity index (χ0) is 44.2. The van der Waals surface area contributed by atoms with E-state index in [2.05, 4.69) is 70.4 Å². The highest BCUT2D eigenvalue weighted by atomic mass is 19.1. The summed E-state index contributed by atoms with van der Waals surface area (Å²) in [7, 11) is 0. The van der Waals surface area contributed by atoms with Crippen molar-refractivity contribution < 1.29 is 28.4 Å². The first-order valence-electron chi connectivity index (χ1n) is 22.0. The summed E-state index contributed by atoms with van der Waals surface area (Å²) in [5.74, 6) is -2.14. The van der Waals surface area contributed by atoms with Crippen LogP contribution in [0.1, 0.15) is 87.0 Å². The first-order valence-corrected chi connectivity index (χ1v) is 22.0. The molecule has 1 aliphatic carbocycles. The van der Waals surface area contributed by atoms with Crippen LogP contribution in [-0.4, -0.2) is 122 Å². The number of anilines is 4. The third-order valence-electron chi connectivity index (χ3n) is 13.5. The number of imidazole rings is 1. The number of benzene rings is 2. The number of hydrogen-bond donors (Lipinski definition) is 3. The average molecular weight is 869 g/mol. The van der Waals surface area contributed by atoms with Crippen LogP contribution in [0.5, 0.6) is 0 Å². The molecule has 5 amide bonds. The van der Waals surface area contributed by atoms with E-state index in [1.807, 2.05) is 24.0 Å². The van der Waals surface area contributed by atoms with Crippen molar-refractivity contribution in [3.8, 4) is 0 Å². The number of carbonyl (C=O) groups is 5. The summed E-state index contributed by atoms with van der Waals surface area (Å²) >= 11 is 0. The quantitative estimate of drug-likeness (QED) is 0.169. The Bertz CT molecular complexity index is 2700. The number of aryl methyl sites for hydroxylation is 2. The summed E-state index contributed by atoms with van der Waals surface area (Å²) in [6, 6.07) is 13.6. The topological polar surface area (TPSA) is 191 Å². The number of amides is 5. The lowest BCUT2D eigenvalue weighted by molar-refractivity contribution is -0.136. The van der Waals surface area contributed by atoms with Crippen LogP contribution in [0.15, 0.2) is 61.2 Å². The SMILES string of the molecule is Cc1cccc(C(=O)NC2CC(n3cnc4c(Nc5ccc(N6CCN(CC7CCN(c8cc9c(cc8F)C(=O)N(C8CCC(=O)NC8=O)C9=O)CC7)CC6)cc5C)ncnc43)C2)n1. The van der Waals surface area contributed by atoms with Gasteiger partial charge in [0.25, 0.3) is 17.7 Å². The van der Waals surface area contributed by atoms with E-state index in [0.717, 1.165) is 97.7 Å². The molecule has 3 N–H and O–H groups in total. The Morgan fingerprint density at radius 1 is 0.859 bits per heavy atom. The van der Waals surface area contributed by atoms with E-state index in [1.54, 1.807) is 18.7 Å². The van der Waals surface area contributed by atoms with Crippen LogP contribution in [0.4, 0.5) is 27.3 Å². The maximum Gasteiger partial charge on any atom is 0.270 e. The van der Waals surface area contributed by atoms with Gasteiger partial charge in [-0.2, -0.15) is 0 Å². The maximum atomic E-state index is 15.5. The fourth-order valence-corrected chi connectivity index (χ4v) is 9.82. The lowest BCUT2D eigenvalue weighted by Gasteiger charge is -2.40. The number of hydrogen-bond acceptors (Lipinski definition) is 13. The molecule has 10 rings (SSSR count). The molecule has 330 valence electrons. The van der Waals surface area contributed by atoms with Gasteiger partial charge in [0.05, 0.1) is 23.1 Å². The average Bonchev–Trinajstić information content (AvgIpc) is 3.80. The summed E-state index contributed by atoms with van der Waals surface area (Å²) in [6.45, 7) is 9.80. The van der Waals surface area contributed by atoms with Crippen LogP contribution in [0, 0.1) is 25.6 Å². The van der Waals surface area contributed by atoms with Crippen molar-refractivity contribution in [3.05, 3.63) is 95.1 Å². The number of halogens is 1. The zero-order valence-corrected chi connectivity index (χ0v) is 35.7. The molecule has 1 unspecified atom stereocenters. The van der Waals surface area contributed by atoms with Crippen molar-refractivity contribution in [1.29, 1.82) is 0 Å². The maximum absolute atomic E-state index is 15.5. The van der Waals surface area contributed by atoms with Crippen LogP contribution >= 0.6 is 0 Å². The van der Waals surface area contributed by atoms with Gasteiger partial charge in [0.15, 0.2) is 17.0 Å². The van der Waals surface area contributed by atoms with E-state index in [-0.39, 0.29) is 47.6 Å². The predicted octanol–water partition coefficient (Wildman–Crippen LogP) is 4.29. The van der Waals surface area contributed by atoms with E-state index < -0.39 is 35.5 Å². The number of nitrogens with zero attached hydrogens (tertiary/aromatic N) is 9. The second kappa shape index (κ2) is 16.7. The second-order valence-corrected chi connectivity index (χ2v) is 17.6. The van der Waals surface area contributed by atoms with Gasteiger partial charge in [-0.05, 0) is 99.9 Å². The minimum Gasteiger partial charge on any atom is -0.369 e. The molecule has 3 saturated heterocycles. The van der Waals surface area contributed by atoms with E-state index in [1.165, 1.54) is 6.07 Å². The van der Waals surface area contributed by atoms with Crippen LogP contribution < -0.4 is 25.8 Å². The van der Waals surface area contributed by atoms with Crippen molar-refractivity contribution in [2.24, 2.45) is 5.92 Å². The highest BCUT2D eigenvalue weighted by Gasteiger charge is 2.45. The Kier molecular flexibility index (Phi) is 10.8. The number of aromatic nitrogens is 5. The number of rotatable bonds is 10. The van der Waals surface area contributed by atoms with Gasteiger partial charge in [-0.15, -0.1) is 0 Å². The Morgan fingerprint density at radius 2 is 1.62 bits per heavy atom. The molecule has 0 spiro atoms. The number of imide groups is 2. The highest BCUT2D eigenvalue weighted by Crippen LogP contribution is 2.37. The molecular weight excluding hydrogens is 820 g/mol. The van der Waals surface area contributed by atoms with Gasteiger partial charge in [0, 0.05) is 81.4 Å². The molecule has 2 aromatic carbocycles.